The van der Waals surface area contributed by atoms with Crippen molar-refractivity contribution in [3.05, 3.63) is 89.0 Å². The van der Waals surface area contributed by atoms with Crippen molar-refractivity contribution in [2.45, 2.75) is 25.3 Å². The van der Waals surface area contributed by atoms with E-state index in [1.807, 2.05) is 43.3 Å². The van der Waals surface area contributed by atoms with Crippen LogP contribution in [0.3, 0.4) is 0 Å². The molecule has 0 bridgehead atoms. The highest BCUT2D eigenvalue weighted by molar-refractivity contribution is 7.92. The fourth-order valence-corrected chi connectivity index (χ4v) is 4.98. The van der Waals surface area contributed by atoms with Crippen LogP contribution in [0.15, 0.2) is 71.6 Å². The highest BCUT2D eigenvalue weighted by Gasteiger charge is 2.19. The summed E-state index contributed by atoms with van der Waals surface area (Å²) in [5.74, 6) is -0.317. The van der Waals surface area contributed by atoms with Gasteiger partial charge in [0.2, 0.25) is 0 Å². The van der Waals surface area contributed by atoms with Crippen LogP contribution < -0.4 is 14.9 Å². The molecule has 3 aromatic carbocycles. The van der Waals surface area contributed by atoms with Gasteiger partial charge in [-0.15, -0.1) is 0 Å². The molecule has 4 rings (SSSR count). The van der Waals surface area contributed by atoms with Gasteiger partial charge in [0.1, 0.15) is 0 Å². The molecule has 0 spiro atoms. The van der Waals surface area contributed by atoms with E-state index >= 15 is 0 Å². The van der Waals surface area contributed by atoms with E-state index in [9.17, 15) is 13.2 Å². The monoisotopic (exact) mass is 479 g/mol. The van der Waals surface area contributed by atoms with Gasteiger partial charge in [-0.05, 0) is 60.9 Å². The number of carbonyl (C=O) groups is 1. The van der Waals surface area contributed by atoms with Gasteiger partial charge in [0, 0.05) is 30.9 Å². The normalized spacial score (nSPS) is 14.0. The summed E-state index contributed by atoms with van der Waals surface area (Å²) in [5, 5.41) is 2.90. The van der Waals surface area contributed by atoms with Gasteiger partial charge < -0.3 is 15.0 Å². The summed E-state index contributed by atoms with van der Waals surface area (Å²) >= 11 is 0. The number of carbonyl (C=O) groups excluding carboxylic acids is 1. The third kappa shape index (κ3) is 5.58. The minimum atomic E-state index is -3.83. The number of sulfonamides is 1. The number of ether oxygens (including phenoxy) is 1. The number of anilines is 2. The molecule has 8 heteroatoms. The maximum Gasteiger partial charge on any atom is 0.261 e. The highest BCUT2D eigenvalue weighted by Crippen LogP contribution is 2.22. The number of aryl methyl sites for hydroxylation is 2. The average molecular weight is 480 g/mol. The first-order valence-corrected chi connectivity index (χ1v) is 12.7. The molecule has 0 atom stereocenters. The lowest BCUT2D eigenvalue weighted by Crippen LogP contribution is -2.36. The highest BCUT2D eigenvalue weighted by atomic mass is 32.2. The van der Waals surface area contributed by atoms with Crippen LogP contribution in [0.5, 0.6) is 0 Å². The van der Waals surface area contributed by atoms with E-state index in [1.165, 1.54) is 12.1 Å². The minimum Gasteiger partial charge on any atom is -0.378 e. The predicted octanol–water partition coefficient (Wildman–Crippen LogP) is 3.87. The number of nitrogens with zero attached hydrogens (tertiary/aromatic N) is 1. The number of hydrogen-bond acceptors (Lipinski definition) is 5. The summed E-state index contributed by atoms with van der Waals surface area (Å²) in [4.78, 5) is 15.2. The van der Waals surface area contributed by atoms with Gasteiger partial charge >= 0.3 is 0 Å². The van der Waals surface area contributed by atoms with Gasteiger partial charge in [0.25, 0.3) is 15.9 Å². The van der Waals surface area contributed by atoms with E-state index in [2.05, 4.69) is 14.9 Å². The van der Waals surface area contributed by atoms with Gasteiger partial charge in [-0.25, -0.2) is 8.42 Å². The van der Waals surface area contributed by atoms with Crippen LogP contribution in [0, 0.1) is 13.8 Å². The number of morpholine rings is 1. The number of rotatable bonds is 7. The summed E-state index contributed by atoms with van der Waals surface area (Å²) in [6.07, 6.45) is 0. The molecule has 7 nitrogen and oxygen atoms in total. The molecule has 1 amide bonds. The number of nitrogens with one attached hydrogen (secondary N) is 2. The Hall–Kier alpha value is -3.36. The second-order valence-corrected chi connectivity index (χ2v) is 10.0. The molecular weight excluding hydrogens is 450 g/mol. The molecule has 1 aliphatic rings. The third-order valence-corrected chi connectivity index (χ3v) is 7.28. The fourth-order valence-electron chi connectivity index (χ4n) is 3.83. The van der Waals surface area contributed by atoms with Crippen molar-refractivity contribution in [3.63, 3.8) is 0 Å². The molecule has 0 saturated carbocycles. The van der Waals surface area contributed by atoms with Crippen molar-refractivity contribution in [1.29, 1.82) is 0 Å². The molecule has 1 aliphatic heterocycles. The number of para-hydroxylation sites is 1. The Kier molecular flexibility index (Phi) is 7.19. The molecule has 2 N–H and O–H groups in total. The molecule has 1 heterocycles. The van der Waals surface area contributed by atoms with Crippen molar-refractivity contribution in [2.75, 3.05) is 35.9 Å². The summed E-state index contributed by atoms with van der Waals surface area (Å²) in [5.41, 5.74) is 4.46. The van der Waals surface area contributed by atoms with E-state index in [0.29, 0.717) is 23.4 Å². The molecule has 1 saturated heterocycles. The number of amides is 1. The van der Waals surface area contributed by atoms with Crippen LogP contribution in [0.25, 0.3) is 0 Å². The minimum absolute atomic E-state index is 0.0429. The Morgan fingerprint density at radius 3 is 2.35 bits per heavy atom. The Morgan fingerprint density at radius 1 is 0.941 bits per heavy atom. The second-order valence-electron chi connectivity index (χ2n) is 8.35. The quantitative estimate of drug-likeness (QED) is 0.537. The summed E-state index contributed by atoms with van der Waals surface area (Å²) in [7, 11) is -3.83. The van der Waals surface area contributed by atoms with Gasteiger partial charge in [-0.3, -0.25) is 9.52 Å². The van der Waals surface area contributed by atoms with Crippen LogP contribution in [-0.2, 0) is 21.3 Å². The molecule has 0 aromatic heterocycles. The lowest BCUT2D eigenvalue weighted by molar-refractivity contribution is 0.0950. The van der Waals surface area contributed by atoms with Gasteiger partial charge in [0.05, 0.1) is 23.8 Å². The Bertz CT molecular complexity index is 1270. The molecule has 34 heavy (non-hydrogen) atoms. The van der Waals surface area contributed by atoms with Crippen LogP contribution in [0.2, 0.25) is 0 Å². The zero-order valence-corrected chi connectivity index (χ0v) is 20.2. The summed E-state index contributed by atoms with van der Waals surface area (Å²) in [6, 6.07) is 19.8. The molecule has 3 aromatic rings. The Balaban J connectivity index is 1.44. The van der Waals surface area contributed by atoms with Crippen molar-refractivity contribution >= 4 is 27.3 Å². The van der Waals surface area contributed by atoms with E-state index in [0.717, 1.165) is 43.1 Å². The van der Waals surface area contributed by atoms with E-state index in [1.54, 1.807) is 25.1 Å². The van der Waals surface area contributed by atoms with Gasteiger partial charge in [-0.1, -0.05) is 36.4 Å². The van der Waals surface area contributed by atoms with E-state index < -0.39 is 10.0 Å². The van der Waals surface area contributed by atoms with E-state index in [4.69, 9.17) is 4.74 Å². The maximum atomic E-state index is 12.9. The van der Waals surface area contributed by atoms with Crippen LogP contribution in [0.1, 0.15) is 27.0 Å². The fraction of sp³-hybridized carbons (Fsp3) is 0.269. The van der Waals surface area contributed by atoms with Crippen molar-refractivity contribution in [2.24, 2.45) is 0 Å². The maximum absolute atomic E-state index is 12.9. The van der Waals surface area contributed by atoms with Gasteiger partial charge in [0.15, 0.2) is 0 Å². The summed E-state index contributed by atoms with van der Waals surface area (Å²) in [6.45, 7) is 7.16. The smallest absolute Gasteiger partial charge is 0.261 e. The molecule has 178 valence electrons. The lowest BCUT2D eigenvalue weighted by atomic mass is 10.1. The van der Waals surface area contributed by atoms with Crippen LogP contribution in [0.4, 0.5) is 11.4 Å². The lowest BCUT2D eigenvalue weighted by Gasteiger charge is -2.28. The average Bonchev–Trinajstić information content (AvgIpc) is 2.85. The molecule has 0 unspecified atom stereocenters. The first kappa shape index (κ1) is 23.8. The molecule has 0 radical (unpaired) electrons. The van der Waals surface area contributed by atoms with E-state index in [-0.39, 0.29) is 10.8 Å². The van der Waals surface area contributed by atoms with Crippen molar-refractivity contribution < 1.29 is 17.9 Å². The van der Waals surface area contributed by atoms with Crippen molar-refractivity contribution in [3.8, 4) is 0 Å². The Morgan fingerprint density at radius 2 is 1.65 bits per heavy atom. The standard InChI is InChI=1S/C26H29N3O4S/c1-19-7-12-23(34(31,32)28-25-6-4-3-5-20(25)2)17-24(19)26(30)27-18-21-8-10-22(11-9-21)29-13-15-33-16-14-29/h3-12,17,28H,13-16,18H2,1-2H3,(H,27,30). The SMILES string of the molecule is Cc1ccccc1NS(=O)(=O)c1ccc(C)c(C(=O)NCc2ccc(N3CCOCC3)cc2)c1. The molecular formula is C26H29N3O4S. The zero-order chi connectivity index (χ0) is 24.1. The van der Waals surface area contributed by atoms with Crippen LogP contribution in [-0.4, -0.2) is 40.6 Å². The third-order valence-electron chi connectivity index (χ3n) is 5.92. The number of hydrogen-bond donors (Lipinski definition) is 2. The first-order chi connectivity index (χ1) is 16.3. The second kappa shape index (κ2) is 10.3. The number of benzene rings is 3. The predicted molar refractivity (Wildman–Crippen MR) is 134 cm³/mol. The topological polar surface area (TPSA) is 87.7 Å². The first-order valence-electron chi connectivity index (χ1n) is 11.2. The zero-order valence-electron chi connectivity index (χ0n) is 19.4. The largest absolute Gasteiger partial charge is 0.378 e. The molecule has 1 fully saturated rings. The Labute approximate surface area is 200 Å². The van der Waals surface area contributed by atoms with Crippen LogP contribution >= 0.6 is 0 Å². The van der Waals surface area contributed by atoms with Crippen molar-refractivity contribution in [1.82, 2.24) is 5.32 Å². The van der Waals surface area contributed by atoms with Gasteiger partial charge in [-0.2, -0.15) is 0 Å². The summed E-state index contributed by atoms with van der Waals surface area (Å²) < 4.78 is 33.9. The molecule has 0 aliphatic carbocycles.